The molecular weight excluding hydrogens is 360 g/mol. The molecule has 24 heavy (non-hydrogen) atoms. The van der Waals surface area contributed by atoms with Crippen LogP contribution in [0.2, 0.25) is 0 Å². The van der Waals surface area contributed by atoms with Crippen molar-refractivity contribution in [2.45, 2.75) is 30.3 Å². The van der Waals surface area contributed by atoms with E-state index >= 15 is 0 Å². The van der Waals surface area contributed by atoms with E-state index in [1.54, 1.807) is 0 Å². The first-order valence-electron chi connectivity index (χ1n) is 5.77. The molecule has 0 saturated heterocycles. The molecule has 0 N–H and O–H groups in total. The molecule has 0 spiro atoms. The lowest BCUT2D eigenvalue weighted by atomic mass is 10.0. The highest BCUT2D eigenvalue weighted by Gasteiger charge is 2.72. The third-order valence-electron chi connectivity index (χ3n) is 2.40. The molecule has 0 aliphatic carbocycles. The number of hydrogen-bond donors (Lipinski definition) is 0. The van der Waals surface area contributed by atoms with Gasteiger partial charge in [-0.05, 0) is 0 Å². The van der Waals surface area contributed by atoms with Crippen LogP contribution < -0.4 is 0 Å². The zero-order valence-corrected chi connectivity index (χ0v) is 11.6. The third-order valence-corrected chi connectivity index (χ3v) is 2.40. The van der Waals surface area contributed by atoms with Crippen LogP contribution in [0.5, 0.6) is 0 Å². The van der Waals surface area contributed by atoms with Crippen LogP contribution in [0.25, 0.3) is 0 Å². The van der Waals surface area contributed by atoms with Gasteiger partial charge in [0.05, 0.1) is 0 Å². The SMILES string of the molecule is C=CC(=O)OCC(F)(F)C(F)(F)C(F)C(F)(F)C(F)OC(=O)C=C. The van der Waals surface area contributed by atoms with E-state index in [1.165, 1.54) is 0 Å². The fourth-order valence-electron chi connectivity index (χ4n) is 1.09. The smallest absolute Gasteiger partial charge is 0.350 e. The minimum Gasteiger partial charge on any atom is -0.456 e. The van der Waals surface area contributed by atoms with Crippen molar-refractivity contribution < 1.29 is 54.2 Å². The maximum Gasteiger partial charge on any atom is 0.350 e. The Bertz CT molecular complexity index is 505. The molecule has 0 aliphatic heterocycles. The van der Waals surface area contributed by atoms with Gasteiger partial charge in [-0.2, -0.15) is 30.7 Å². The summed E-state index contributed by atoms with van der Waals surface area (Å²) in [6, 6.07) is 0. The van der Waals surface area contributed by atoms with Crippen LogP contribution in [0.3, 0.4) is 0 Å². The van der Waals surface area contributed by atoms with Crippen molar-refractivity contribution in [2.75, 3.05) is 6.61 Å². The van der Waals surface area contributed by atoms with Crippen LogP contribution in [0.15, 0.2) is 25.3 Å². The average Bonchev–Trinajstić information content (AvgIpc) is 2.50. The second-order valence-electron chi connectivity index (χ2n) is 4.13. The van der Waals surface area contributed by atoms with Crippen LogP contribution in [0.1, 0.15) is 0 Å². The Kier molecular flexibility index (Phi) is 6.94. The fraction of sp³-hybridized carbons (Fsp3) is 0.500. The maximum atomic E-state index is 13.3. The first-order chi connectivity index (χ1) is 10.7. The van der Waals surface area contributed by atoms with Gasteiger partial charge in [0.2, 0.25) is 6.17 Å². The summed E-state index contributed by atoms with van der Waals surface area (Å²) in [7, 11) is 0. The van der Waals surface area contributed by atoms with E-state index in [4.69, 9.17) is 0 Å². The van der Waals surface area contributed by atoms with Gasteiger partial charge in [0.25, 0.3) is 0 Å². The minimum atomic E-state index is -6.18. The van der Waals surface area contributed by atoms with Crippen molar-refractivity contribution in [3.63, 3.8) is 0 Å². The maximum absolute atomic E-state index is 13.3. The Morgan fingerprint density at radius 2 is 1.42 bits per heavy atom. The molecular formula is C12H10F8O4. The van der Waals surface area contributed by atoms with E-state index in [1.807, 2.05) is 0 Å². The summed E-state index contributed by atoms with van der Waals surface area (Å²) >= 11 is 0. The first kappa shape index (κ1) is 21.9. The van der Waals surface area contributed by atoms with Crippen molar-refractivity contribution >= 4 is 11.9 Å². The zero-order chi connectivity index (χ0) is 19.3. The first-order valence-corrected chi connectivity index (χ1v) is 5.77. The molecule has 0 heterocycles. The van der Waals surface area contributed by atoms with Gasteiger partial charge in [-0.15, -0.1) is 0 Å². The van der Waals surface area contributed by atoms with E-state index < -0.39 is 48.8 Å². The lowest BCUT2D eigenvalue weighted by molar-refractivity contribution is -0.311. The Labute approximate surface area is 129 Å². The van der Waals surface area contributed by atoms with Crippen molar-refractivity contribution in [3.8, 4) is 0 Å². The number of alkyl halides is 8. The predicted octanol–water partition coefficient (Wildman–Crippen LogP) is 2.98. The predicted molar refractivity (Wildman–Crippen MR) is 62.1 cm³/mol. The largest absolute Gasteiger partial charge is 0.456 e. The van der Waals surface area contributed by atoms with Gasteiger partial charge in [0.1, 0.15) is 0 Å². The number of rotatable bonds is 9. The quantitative estimate of drug-likeness (QED) is 0.356. The molecule has 138 valence electrons. The van der Waals surface area contributed by atoms with Crippen molar-refractivity contribution in [3.05, 3.63) is 25.3 Å². The van der Waals surface area contributed by atoms with Gasteiger partial charge in [-0.25, -0.2) is 14.0 Å². The highest BCUT2D eigenvalue weighted by Crippen LogP contribution is 2.46. The standard InChI is InChI=1S/C12H10F8O4/c1-3-6(21)23-5-10(15,16)12(19,20)8(13)11(17,18)9(14)24-7(22)4-2/h3-4,8-9H,1-2,5H2. The molecule has 0 aromatic carbocycles. The van der Waals surface area contributed by atoms with Gasteiger partial charge in [0, 0.05) is 12.2 Å². The Morgan fingerprint density at radius 3 is 1.83 bits per heavy atom. The van der Waals surface area contributed by atoms with E-state index in [0.717, 1.165) is 0 Å². The summed E-state index contributed by atoms with van der Waals surface area (Å²) in [4.78, 5) is 21.0. The number of hydrogen-bond acceptors (Lipinski definition) is 4. The van der Waals surface area contributed by atoms with Crippen LogP contribution in [-0.2, 0) is 19.1 Å². The van der Waals surface area contributed by atoms with Crippen molar-refractivity contribution in [1.29, 1.82) is 0 Å². The van der Waals surface area contributed by atoms with Gasteiger partial charge >= 0.3 is 36.1 Å². The van der Waals surface area contributed by atoms with Gasteiger partial charge in [-0.3, -0.25) is 0 Å². The molecule has 0 rings (SSSR count). The van der Waals surface area contributed by atoms with Gasteiger partial charge < -0.3 is 9.47 Å². The Balaban J connectivity index is 5.35. The minimum absolute atomic E-state index is 0.150. The molecule has 0 aromatic rings. The summed E-state index contributed by atoms with van der Waals surface area (Å²) < 4.78 is 112. The van der Waals surface area contributed by atoms with E-state index in [2.05, 4.69) is 22.6 Å². The van der Waals surface area contributed by atoms with Crippen LogP contribution in [0, 0.1) is 0 Å². The van der Waals surface area contributed by atoms with Gasteiger partial charge in [-0.1, -0.05) is 13.2 Å². The fourth-order valence-corrected chi connectivity index (χ4v) is 1.09. The summed E-state index contributed by atoms with van der Waals surface area (Å²) in [5.74, 6) is -21.1. The van der Waals surface area contributed by atoms with E-state index in [0.29, 0.717) is 6.08 Å². The summed E-state index contributed by atoms with van der Waals surface area (Å²) in [6.45, 7) is 2.94. The number of esters is 2. The lowest BCUT2D eigenvalue weighted by Crippen LogP contribution is -2.59. The molecule has 4 nitrogen and oxygen atoms in total. The summed E-state index contributed by atoms with van der Waals surface area (Å²) in [5.41, 5.74) is 0. The van der Waals surface area contributed by atoms with Crippen LogP contribution in [-0.4, -0.2) is 48.8 Å². The number of carbonyl (C=O) groups is 2. The highest BCUT2D eigenvalue weighted by atomic mass is 19.3. The van der Waals surface area contributed by atoms with Gasteiger partial charge in [0.15, 0.2) is 6.61 Å². The molecule has 0 aromatic heterocycles. The summed E-state index contributed by atoms with van der Waals surface area (Å²) in [5, 5.41) is 0. The normalized spacial score (nSPS) is 15.2. The summed E-state index contributed by atoms with van der Waals surface area (Å²) in [6.07, 6.45) is -8.97. The Morgan fingerprint density at radius 1 is 0.958 bits per heavy atom. The van der Waals surface area contributed by atoms with E-state index in [-0.39, 0.29) is 6.08 Å². The van der Waals surface area contributed by atoms with E-state index in [9.17, 15) is 44.7 Å². The van der Waals surface area contributed by atoms with Crippen LogP contribution in [0.4, 0.5) is 35.1 Å². The molecule has 0 radical (unpaired) electrons. The number of ether oxygens (including phenoxy) is 2. The Hall–Kier alpha value is -2.14. The molecule has 12 heteroatoms. The highest BCUT2D eigenvalue weighted by molar-refractivity contribution is 5.81. The number of carbonyl (C=O) groups excluding carboxylic acids is 2. The molecule has 0 amide bonds. The molecule has 0 fully saturated rings. The molecule has 0 aliphatic rings. The lowest BCUT2D eigenvalue weighted by Gasteiger charge is -2.33. The number of halogens is 8. The topological polar surface area (TPSA) is 52.6 Å². The molecule has 0 bridgehead atoms. The second kappa shape index (κ2) is 7.62. The second-order valence-corrected chi connectivity index (χ2v) is 4.13. The van der Waals surface area contributed by atoms with Crippen molar-refractivity contribution in [1.82, 2.24) is 0 Å². The van der Waals surface area contributed by atoms with Crippen molar-refractivity contribution in [2.24, 2.45) is 0 Å². The average molecular weight is 370 g/mol. The molecule has 2 unspecified atom stereocenters. The molecule has 0 saturated carbocycles. The zero-order valence-electron chi connectivity index (χ0n) is 11.6. The molecule has 2 atom stereocenters. The monoisotopic (exact) mass is 370 g/mol. The third kappa shape index (κ3) is 4.68. The van der Waals surface area contributed by atoms with Crippen LogP contribution >= 0.6 is 0 Å².